The van der Waals surface area contributed by atoms with Crippen LogP contribution in [0, 0.1) is 5.92 Å². The van der Waals surface area contributed by atoms with Crippen LogP contribution in [-0.2, 0) is 9.53 Å². The Morgan fingerprint density at radius 2 is 1.97 bits per heavy atom. The molecule has 1 N–H and O–H groups in total. The molecule has 2 heterocycles. The summed E-state index contributed by atoms with van der Waals surface area (Å²) < 4.78 is 5.98. The van der Waals surface area contributed by atoms with Gasteiger partial charge < -0.3 is 15.0 Å². The number of morpholine rings is 1. The molecule has 1 saturated carbocycles. The third-order valence-corrected chi connectivity index (χ3v) is 5.81. The average Bonchev–Trinajstić information content (AvgIpc) is 3.27. The van der Waals surface area contributed by atoms with Gasteiger partial charge in [0.05, 0.1) is 29.9 Å². The van der Waals surface area contributed by atoms with Crippen LogP contribution >= 0.6 is 0 Å². The van der Waals surface area contributed by atoms with Crippen LogP contribution in [0.1, 0.15) is 61.7 Å². The van der Waals surface area contributed by atoms with E-state index in [0.29, 0.717) is 31.0 Å². The van der Waals surface area contributed by atoms with Crippen molar-refractivity contribution in [3.8, 4) is 0 Å². The fourth-order valence-electron chi connectivity index (χ4n) is 4.35. The van der Waals surface area contributed by atoms with Crippen LogP contribution in [0.4, 0.5) is 0 Å². The number of para-hydroxylation sites is 1. The van der Waals surface area contributed by atoms with Crippen LogP contribution in [0.15, 0.2) is 30.3 Å². The smallest absolute Gasteiger partial charge is 0.252 e. The molecule has 0 spiro atoms. The highest BCUT2D eigenvalue weighted by Crippen LogP contribution is 2.30. The number of fused-ring (bicyclic) bond motifs is 1. The molecule has 0 bridgehead atoms. The SMILES string of the molecule is CC(C)NC(=O)c1cc(C2CN(C(=O)C3CCCC3)CCO2)nc2ccccc12. The maximum Gasteiger partial charge on any atom is 0.252 e. The first-order valence-electron chi connectivity index (χ1n) is 10.6. The number of nitrogens with one attached hydrogen (secondary N) is 1. The van der Waals surface area contributed by atoms with Gasteiger partial charge in [0.2, 0.25) is 5.91 Å². The average molecular weight is 396 g/mol. The number of amides is 2. The molecular formula is C23H29N3O3. The predicted octanol–water partition coefficient (Wildman–Crippen LogP) is 3.46. The zero-order chi connectivity index (χ0) is 20.4. The van der Waals surface area contributed by atoms with E-state index in [-0.39, 0.29) is 29.9 Å². The second-order valence-corrected chi connectivity index (χ2v) is 8.37. The van der Waals surface area contributed by atoms with Gasteiger partial charge in [-0.2, -0.15) is 0 Å². The largest absolute Gasteiger partial charge is 0.368 e. The van der Waals surface area contributed by atoms with E-state index in [9.17, 15) is 9.59 Å². The third kappa shape index (κ3) is 4.27. The minimum absolute atomic E-state index is 0.0448. The summed E-state index contributed by atoms with van der Waals surface area (Å²) in [5, 5.41) is 3.80. The monoisotopic (exact) mass is 395 g/mol. The zero-order valence-corrected chi connectivity index (χ0v) is 17.2. The Morgan fingerprint density at radius 3 is 2.72 bits per heavy atom. The van der Waals surface area contributed by atoms with Gasteiger partial charge in [-0.25, -0.2) is 4.98 Å². The van der Waals surface area contributed by atoms with Gasteiger partial charge in [-0.3, -0.25) is 9.59 Å². The van der Waals surface area contributed by atoms with E-state index >= 15 is 0 Å². The fraction of sp³-hybridized carbons (Fsp3) is 0.522. The Hall–Kier alpha value is -2.47. The molecule has 6 heteroatoms. The maximum absolute atomic E-state index is 12.9. The number of aromatic nitrogens is 1. The number of pyridine rings is 1. The molecule has 1 aromatic carbocycles. The van der Waals surface area contributed by atoms with E-state index in [4.69, 9.17) is 9.72 Å². The molecular weight excluding hydrogens is 366 g/mol. The Morgan fingerprint density at radius 1 is 1.21 bits per heavy atom. The molecule has 1 atom stereocenters. The van der Waals surface area contributed by atoms with Crippen molar-refractivity contribution in [3.63, 3.8) is 0 Å². The van der Waals surface area contributed by atoms with E-state index in [1.807, 2.05) is 49.1 Å². The summed E-state index contributed by atoms with van der Waals surface area (Å²) >= 11 is 0. The van der Waals surface area contributed by atoms with Crippen molar-refractivity contribution in [2.75, 3.05) is 19.7 Å². The van der Waals surface area contributed by atoms with Crippen molar-refractivity contribution in [1.29, 1.82) is 0 Å². The lowest BCUT2D eigenvalue weighted by atomic mass is 10.0. The second-order valence-electron chi connectivity index (χ2n) is 8.37. The highest BCUT2D eigenvalue weighted by molar-refractivity contribution is 6.06. The van der Waals surface area contributed by atoms with Crippen LogP contribution in [0.5, 0.6) is 0 Å². The van der Waals surface area contributed by atoms with Gasteiger partial charge in [-0.05, 0) is 38.8 Å². The Kier molecular flexibility index (Phi) is 5.81. The van der Waals surface area contributed by atoms with Gasteiger partial charge in [-0.15, -0.1) is 0 Å². The second kappa shape index (κ2) is 8.49. The minimum Gasteiger partial charge on any atom is -0.368 e. The van der Waals surface area contributed by atoms with Crippen LogP contribution < -0.4 is 5.32 Å². The van der Waals surface area contributed by atoms with E-state index in [1.165, 1.54) is 0 Å². The lowest BCUT2D eigenvalue weighted by Gasteiger charge is -2.34. The topological polar surface area (TPSA) is 71.5 Å². The van der Waals surface area contributed by atoms with Crippen molar-refractivity contribution in [1.82, 2.24) is 15.2 Å². The molecule has 2 aromatic rings. The number of carbonyl (C=O) groups excluding carboxylic acids is 2. The molecule has 1 unspecified atom stereocenters. The molecule has 1 aliphatic heterocycles. The number of carbonyl (C=O) groups is 2. The highest BCUT2D eigenvalue weighted by Gasteiger charge is 2.32. The number of nitrogens with zero attached hydrogens (tertiary/aromatic N) is 2. The molecule has 2 amide bonds. The van der Waals surface area contributed by atoms with Crippen LogP contribution in [0.3, 0.4) is 0 Å². The number of hydrogen-bond acceptors (Lipinski definition) is 4. The quantitative estimate of drug-likeness (QED) is 0.861. The van der Waals surface area contributed by atoms with E-state index in [0.717, 1.165) is 36.6 Å². The van der Waals surface area contributed by atoms with Gasteiger partial charge in [0.15, 0.2) is 0 Å². The first-order valence-corrected chi connectivity index (χ1v) is 10.6. The van der Waals surface area contributed by atoms with Gasteiger partial charge in [0.25, 0.3) is 5.91 Å². The Bertz CT molecular complexity index is 905. The molecule has 4 rings (SSSR count). The fourth-order valence-corrected chi connectivity index (χ4v) is 4.35. The lowest BCUT2D eigenvalue weighted by Crippen LogP contribution is -2.44. The first kappa shape index (κ1) is 19.8. The highest BCUT2D eigenvalue weighted by atomic mass is 16.5. The van der Waals surface area contributed by atoms with Crippen molar-refractivity contribution < 1.29 is 14.3 Å². The van der Waals surface area contributed by atoms with Crippen molar-refractivity contribution in [2.45, 2.75) is 51.7 Å². The van der Waals surface area contributed by atoms with E-state index < -0.39 is 0 Å². The minimum atomic E-state index is -0.315. The molecule has 29 heavy (non-hydrogen) atoms. The molecule has 154 valence electrons. The van der Waals surface area contributed by atoms with Crippen molar-refractivity contribution in [3.05, 3.63) is 41.6 Å². The Labute approximate surface area is 171 Å². The lowest BCUT2D eigenvalue weighted by molar-refractivity contribution is -0.143. The number of ether oxygens (including phenoxy) is 1. The molecule has 6 nitrogen and oxygen atoms in total. The summed E-state index contributed by atoms with van der Waals surface area (Å²) in [7, 11) is 0. The molecule has 1 aliphatic carbocycles. The van der Waals surface area contributed by atoms with Gasteiger partial charge >= 0.3 is 0 Å². The summed E-state index contributed by atoms with van der Waals surface area (Å²) in [6.45, 7) is 5.50. The molecule has 2 fully saturated rings. The van der Waals surface area contributed by atoms with Gasteiger partial charge in [0, 0.05) is 23.9 Å². The summed E-state index contributed by atoms with van der Waals surface area (Å²) in [4.78, 5) is 32.4. The normalized spacial score (nSPS) is 20.4. The van der Waals surface area contributed by atoms with Gasteiger partial charge in [0.1, 0.15) is 6.10 Å². The predicted molar refractivity (Wildman–Crippen MR) is 112 cm³/mol. The van der Waals surface area contributed by atoms with Crippen LogP contribution in [0.2, 0.25) is 0 Å². The molecule has 1 saturated heterocycles. The molecule has 0 radical (unpaired) electrons. The molecule has 2 aliphatic rings. The number of rotatable bonds is 4. The standard InChI is InChI=1S/C23H29N3O3/c1-15(2)24-22(27)18-13-20(25-19-10-6-5-9-17(18)19)21-14-26(11-12-29-21)23(28)16-7-3-4-8-16/h5-6,9-10,13,15-16,21H,3-4,7-8,11-12,14H2,1-2H3,(H,24,27). The van der Waals surface area contributed by atoms with Crippen molar-refractivity contribution >= 4 is 22.7 Å². The van der Waals surface area contributed by atoms with E-state index in [1.54, 1.807) is 0 Å². The summed E-state index contributed by atoms with van der Waals surface area (Å²) in [5.74, 6) is 0.287. The third-order valence-electron chi connectivity index (χ3n) is 5.81. The summed E-state index contributed by atoms with van der Waals surface area (Å²) in [6.07, 6.45) is 3.96. The van der Waals surface area contributed by atoms with Crippen LogP contribution in [-0.4, -0.2) is 47.4 Å². The summed E-state index contributed by atoms with van der Waals surface area (Å²) in [6, 6.07) is 9.53. The number of benzene rings is 1. The molecule has 1 aromatic heterocycles. The maximum atomic E-state index is 12.9. The first-order chi connectivity index (χ1) is 14.0. The summed E-state index contributed by atoms with van der Waals surface area (Å²) in [5.41, 5.74) is 2.07. The van der Waals surface area contributed by atoms with E-state index in [2.05, 4.69) is 5.32 Å². The van der Waals surface area contributed by atoms with Crippen LogP contribution in [0.25, 0.3) is 10.9 Å². The zero-order valence-electron chi connectivity index (χ0n) is 17.2. The number of hydrogen-bond donors (Lipinski definition) is 1. The Balaban J connectivity index is 1.62. The van der Waals surface area contributed by atoms with Gasteiger partial charge in [-0.1, -0.05) is 31.0 Å². The van der Waals surface area contributed by atoms with Crippen molar-refractivity contribution in [2.24, 2.45) is 5.92 Å².